The summed E-state index contributed by atoms with van der Waals surface area (Å²) in [5.41, 5.74) is 2.23. The number of hydrogen-bond donors (Lipinski definition) is 0. The Morgan fingerprint density at radius 1 is 1.12 bits per heavy atom. The van der Waals surface area contributed by atoms with Crippen LogP contribution < -0.4 is 4.74 Å². The number of aromatic nitrogens is 2. The lowest BCUT2D eigenvalue weighted by atomic mass is 10.0. The molecule has 9 nitrogen and oxygen atoms in total. The van der Waals surface area contributed by atoms with E-state index in [4.69, 9.17) is 51.4 Å². The molecular formula is C28H23Cl2FN2O7S. The Bertz CT molecular complexity index is 1620. The van der Waals surface area contributed by atoms with Gasteiger partial charge in [0.25, 0.3) is 5.19 Å². The van der Waals surface area contributed by atoms with Gasteiger partial charge in [-0.25, -0.2) is 9.18 Å². The van der Waals surface area contributed by atoms with Gasteiger partial charge in [0.2, 0.25) is 0 Å². The Morgan fingerprint density at radius 2 is 1.85 bits per heavy atom. The molecule has 1 saturated carbocycles. The Morgan fingerprint density at radius 3 is 2.59 bits per heavy atom. The fourth-order valence-electron chi connectivity index (χ4n) is 5.30. The van der Waals surface area contributed by atoms with E-state index in [0.29, 0.717) is 38.5 Å². The minimum absolute atomic E-state index is 0.105. The van der Waals surface area contributed by atoms with Crippen molar-refractivity contribution in [2.45, 2.75) is 49.8 Å². The Balaban J connectivity index is 1.06. The second kappa shape index (κ2) is 10.8. The Kier molecular flexibility index (Phi) is 7.12. The van der Waals surface area contributed by atoms with Crippen molar-refractivity contribution in [3.05, 3.63) is 63.1 Å². The van der Waals surface area contributed by atoms with Gasteiger partial charge in [-0.3, -0.25) is 0 Å². The summed E-state index contributed by atoms with van der Waals surface area (Å²) in [6, 6.07) is 7.94. The zero-order valence-corrected chi connectivity index (χ0v) is 23.9. The number of carbonyl (C=O) groups excluding carboxylic acids is 1. The molecule has 4 heterocycles. The smallest absolute Gasteiger partial charge is 0.338 e. The van der Waals surface area contributed by atoms with Gasteiger partial charge in [-0.05, 0) is 37.1 Å². The highest BCUT2D eigenvalue weighted by molar-refractivity contribution is 7.20. The Labute approximate surface area is 247 Å². The summed E-state index contributed by atoms with van der Waals surface area (Å²) in [5.74, 6) is -0.168. The fraction of sp³-hybridized carbons (Fsp3) is 0.393. The molecule has 2 saturated heterocycles. The van der Waals surface area contributed by atoms with Gasteiger partial charge in [0.1, 0.15) is 35.3 Å². The van der Waals surface area contributed by atoms with Gasteiger partial charge in [0, 0.05) is 17.0 Å². The van der Waals surface area contributed by atoms with Crippen LogP contribution >= 0.6 is 34.5 Å². The number of fused-ring (bicyclic) bond motifs is 2. The number of rotatable bonds is 8. The average Bonchev–Trinajstić information content (AvgIpc) is 3.26. The first-order valence-corrected chi connectivity index (χ1v) is 14.6. The van der Waals surface area contributed by atoms with Gasteiger partial charge in [-0.15, -0.1) is 0 Å². The molecule has 7 rings (SSSR count). The van der Waals surface area contributed by atoms with Crippen molar-refractivity contribution < 1.29 is 37.4 Å². The number of halogens is 3. The molecule has 4 aromatic rings. The third-order valence-corrected chi connectivity index (χ3v) is 9.00. The van der Waals surface area contributed by atoms with E-state index in [-0.39, 0.29) is 41.7 Å². The number of benzene rings is 2. The maximum atomic E-state index is 14.6. The molecule has 0 radical (unpaired) electrons. The molecule has 3 aliphatic rings. The van der Waals surface area contributed by atoms with Crippen LogP contribution in [0.25, 0.3) is 21.5 Å². The maximum absolute atomic E-state index is 14.6. The molecule has 0 spiro atoms. The molecule has 2 aromatic heterocycles. The second-order valence-corrected chi connectivity index (χ2v) is 11.9. The summed E-state index contributed by atoms with van der Waals surface area (Å²) in [4.78, 5) is 16.1. The van der Waals surface area contributed by atoms with E-state index in [1.165, 1.54) is 13.2 Å². The quantitative estimate of drug-likeness (QED) is 0.213. The molecule has 0 amide bonds. The largest absolute Gasteiger partial charge is 0.465 e. The number of methoxy groups -OCH3 is 1. The zero-order chi connectivity index (χ0) is 28.2. The highest BCUT2D eigenvalue weighted by atomic mass is 35.5. The number of thiazole rings is 1. The van der Waals surface area contributed by atoms with Crippen LogP contribution in [-0.4, -0.2) is 60.8 Å². The summed E-state index contributed by atoms with van der Waals surface area (Å²) in [7, 11) is 1.24. The van der Waals surface area contributed by atoms with Crippen LogP contribution in [0.5, 0.6) is 5.19 Å². The molecule has 3 fully saturated rings. The molecule has 0 unspecified atom stereocenters. The SMILES string of the molecule is COC(=O)c1cc(F)c2nc(O[C@@H]3CO[C@H]4[C@@H]3OC[C@H]4OCc3c(-c4c(Cl)cccc4Cl)noc3C3CC3)sc2c1. The first-order chi connectivity index (χ1) is 19.9. The molecule has 0 bridgehead atoms. The first-order valence-electron chi connectivity index (χ1n) is 13.0. The molecule has 2 aromatic carbocycles. The first kappa shape index (κ1) is 27.1. The zero-order valence-electron chi connectivity index (χ0n) is 21.6. The van der Waals surface area contributed by atoms with Gasteiger partial charge < -0.3 is 28.2 Å². The van der Waals surface area contributed by atoms with Crippen molar-refractivity contribution in [2.24, 2.45) is 0 Å². The van der Waals surface area contributed by atoms with Gasteiger partial charge in [-0.1, -0.05) is 45.8 Å². The lowest BCUT2D eigenvalue weighted by molar-refractivity contribution is -0.0428. The van der Waals surface area contributed by atoms with Crippen LogP contribution in [0.15, 0.2) is 34.9 Å². The van der Waals surface area contributed by atoms with Crippen LogP contribution in [0, 0.1) is 5.82 Å². The molecule has 41 heavy (non-hydrogen) atoms. The number of carbonyl (C=O) groups is 1. The predicted octanol–water partition coefficient (Wildman–Crippen LogP) is 6.19. The molecule has 0 N–H and O–H groups in total. The van der Waals surface area contributed by atoms with Crippen LogP contribution in [-0.2, 0) is 25.6 Å². The third kappa shape index (κ3) is 4.98. The van der Waals surface area contributed by atoms with E-state index in [1.807, 2.05) is 0 Å². The molecule has 1 aliphatic carbocycles. The minimum Gasteiger partial charge on any atom is -0.465 e. The highest BCUT2D eigenvalue weighted by Crippen LogP contribution is 2.46. The molecule has 13 heteroatoms. The van der Waals surface area contributed by atoms with Crippen LogP contribution in [0.1, 0.15) is 40.4 Å². The van der Waals surface area contributed by atoms with Crippen LogP contribution in [0.4, 0.5) is 4.39 Å². The van der Waals surface area contributed by atoms with Crippen molar-refractivity contribution in [3.63, 3.8) is 0 Å². The van der Waals surface area contributed by atoms with Crippen LogP contribution in [0.2, 0.25) is 10.0 Å². The fourth-order valence-corrected chi connectivity index (χ4v) is 6.79. The third-order valence-electron chi connectivity index (χ3n) is 7.47. The lowest BCUT2D eigenvalue weighted by Crippen LogP contribution is -2.35. The number of ether oxygens (including phenoxy) is 5. The number of esters is 1. The van der Waals surface area contributed by atoms with E-state index in [2.05, 4.69) is 10.1 Å². The second-order valence-electron chi connectivity index (χ2n) is 10.1. The predicted molar refractivity (Wildman–Crippen MR) is 147 cm³/mol. The summed E-state index contributed by atoms with van der Waals surface area (Å²) < 4.78 is 50.0. The van der Waals surface area contributed by atoms with Crippen molar-refractivity contribution in [1.82, 2.24) is 10.1 Å². The molecule has 4 atom stereocenters. The summed E-state index contributed by atoms with van der Waals surface area (Å²) in [5, 5.41) is 5.53. The van der Waals surface area contributed by atoms with E-state index >= 15 is 0 Å². The lowest BCUT2D eigenvalue weighted by Gasteiger charge is -2.17. The van der Waals surface area contributed by atoms with Gasteiger partial charge in [-0.2, -0.15) is 4.98 Å². The molecular weight excluding hydrogens is 598 g/mol. The number of nitrogens with zero attached hydrogens (tertiary/aromatic N) is 2. The highest BCUT2D eigenvalue weighted by Gasteiger charge is 2.50. The normalized spacial score (nSPS) is 23.7. The number of hydrogen-bond acceptors (Lipinski definition) is 10. The summed E-state index contributed by atoms with van der Waals surface area (Å²) in [6.45, 7) is 0.776. The maximum Gasteiger partial charge on any atom is 0.338 e. The monoisotopic (exact) mass is 620 g/mol. The minimum atomic E-state index is -0.628. The van der Waals surface area contributed by atoms with Gasteiger partial charge >= 0.3 is 5.97 Å². The average molecular weight is 621 g/mol. The van der Waals surface area contributed by atoms with Crippen molar-refractivity contribution >= 4 is 50.7 Å². The topological polar surface area (TPSA) is 102 Å². The van der Waals surface area contributed by atoms with Crippen molar-refractivity contribution in [2.75, 3.05) is 20.3 Å². The van der Waals surface area contributed by atoms with E-state index < -0.39 is 24.0 Å². The van der Waals surface area contributed by atoms with Gasteiger partial charge in [0.15, 0.2) is 11.9 Å². The Hall–Kier alpha value is -2.80. The molecule has 2 aliphatic heterocycles. The van der Waals surface area contributed by atoms with Crippen molar-refractivity contribution in [3.8, 4) is 16.5 Å². The van der Waals surface area contributed by atoms with Crippen LogP contribution in [0.3, 0.4) is 0 Å². The van der Waals surface area contributed by atoms with E-state index in [0.717, 1.165) is 41.6 Å². The summed E-state index contributed by atoms with van der Waals surface area (Å²) >= 11 is 14.1. The summed E-state index contributed by atoms with van der Waals surface area (Å²) in [6.07, 6.45) is 0.459. The van der Waals surface area contributed by atoms with Crippen molar-refractivity contribution in [1.29, 1.82) is 0 Å². The standard InChI is InChI=1S/C28H23Cl2FN2O7S/c1-35-27(34)13-7-17(31)23-20(8-13)41-28(32-23)39-19-11-38-25-18(10-37-26(19)25)36-9-14-22(33-40-24(14)12-5-6-12)21-15(29)3-2-4-16(21)30/h2-4,7-8,12,18-19,25-26H,5-6,9-11H2,1H3/t18-,19-,25-,26-/m1/s1. The molecule has 214 valence electrons. The van der Waals surface area contributed by atoms with E-state index in [1.54, 1.807) is 18.2 Å². The van der Waals surface area contributed by atoms with E-state index in [9.17, 15) is 9.18 Å². The van der Waals surface area contributed by atoms with Gasteiger partial charge in [0.05, 0.1) is 47.2 Å².